The molecule has 0 aliphatic carbocycles. The molecule has 0 aromatic heterocycles. The number of unbranched alkanes of at least 4 members (excludes halogenated alkanes) is 18. The van der Waals surface area contributed by atoms with Crippen LogP contribution in [0.3, 0.4) is 0 Å². The van der Waals surface area contributed by atoms with Crippen LogP contribution in [0.2, 0.25) is 0 Å². The van der Waals surface area contributed by atoms with Gasteiger partial charge in [0.2, 0.25) is 0 Å². The third kappa shape index (κ3) is 25.7. The Hall–Kier alpha value is -0.300. The molecule has 0 saturated carbocycles. The predicted octanol–water partition coefficient (Wildman–Crippen LogP) is 9.36. The lowest BCUT2D eigenvalue weighted by Gasteiger charge is -2.05. The normalized spacial score (nSPS) is 11.6. The van der Waals surface area contributed by atoms with Gasteiger partial charge in [-0.3, -0.25) is 0 Å². The number of hydrogen-bond donors (Lipinski definition) is 1. The molecule has 1 heteroatoms. The van der Waals surface area contributed by atoms with Gasteiger partial charge in [-0.15, -0.1) is 0 Å². The Kier molecular flexibility index (Phi) is 26.4. The van der Waals surface area contributed by atoms with Crippen molar-refractivity contribution in [1.82, 2.24) is 5.32 Å². The summed E-state index contributed by atoms with van der Waals surface area (Å²) in [4.78, 5) is 0. The topological polar surface area (TPSA) is 12.0 Å². The zero-order valence-electron chi connectivity index (χ0n) is 19.9. The van der Waals surface area contributed by atoms with Crippen LogP contribution >= 0.6 is 0 Å². The van der Waals surface area contributed by atoms with Crippen molar-refractivity contribution in [3.8, 4) is 0 Å². The molecule has 0 spiro atoms. The highest BCUT2D eigenvalue weighted by Crippen LogP contribution is 2.10. The third-order valence-electron chi connectivity index (χ3n) is 5.82. The van der Waals surface area contributed by atoms with Crippen molar-refractivity contribution in [1.29, 1.82) is 0 Å². The van der Waals surface area contributed by atoms with Crippen LogP contribution in [-0.4, -0.2) is 13.1 Å². The third-order valence-corrected chi connectivity index (χ3v) is 5.82. The smallest absolute Gasteiger partial charge is 0.00489 e. The molecule has 1 N–H and O–H groups in total. The minimum Gasteiger partial charge on any atom is -0.317 e. The van der Waals surface area contributed by atoms with Crippen molar-refractivity contribution in [2.24, 2.45) is 0 Å². The number of nitrogens with one attached hydrogen (secondary N) is 1. The molecule has 0 fully saturated rings. The first-order valence-corrected chi connectivity index (χ1v) is 13.3. The predicted molar refractivity (Wildman–Crippen MR) is 130 cm³/mol. The van der Waals surface area contributed by atoms with Gasteiger partial charge in [0.1, 0.15) is 0 Å². The maximum absolute atomic E-state index is 3.63. The van der Waals surface area contributed by atoms with Crippen molar-refractivity contribution in [2.75, 3.05) is 13.1 Å². The van der Waals surface area contributed by atoms with E-state index >= 15 is 0 Å². The Morgan fingerprint density at radius 1 is 0.393 bits per heavy atom. The molecular weight excluding hydrogens is 338 g/mol. The van der Waals surface area contributed by atoms with Crippen molar-refractivity contribution >= 4 is 0 Å². The second-order valence-electron chi connectivity index (χ2n) is 8.81. The van der Waals surface area contributed by atoms with Crippen LogP contribution in [0.1, 0.15) is 149 Å². The molecule has 1 nitrogen and oxygen atoms in total. The maximum Gasteiger partial charge on any atom is -0.00489 e. The minimum atomic E-state index is 1.23. The molecule has 0 heterocycles. The van der Waals surface area contributed by atoms with Gasteiger partial charge in [-0.1, -0.05) is 122 Å². The quantitative estimate of drug-likeness (QED) is 0.127. The fourth-order valence-corrected chi connectivity index (χ4v) is 3.83. The SMILES string of the molecule is CCCCCCCCC=CCCCCCCCCNCCCCCCCCC. The van der Waals surface area contributed by atoms with Gasteiger partial charge in [0.25, 0.3) is 0 Å². The van der Waals surface area contributed by atoms with E-state index in [9.17, 15) is 0 Å². The number of allylic oxidation sites excluding steroid dienone is 2. The van der Waals surface area contributed by atoms with Crippen LogP contribution in [0.5, 0.6) is 0 Å². The van der Waals surface area contributed by atoms with E-state index in [-0.39, 0.29) is 0 Å². The highest BCUT2D eigenvalue weighted by molar-refractivity contribution is 4.81. The van der Waals surface area contributed by atoms with E-state index in [2.05, 4.69) is 31.3 Å². The van der Waals surface area contributed by atoms with Gasteiger partial charge in [0.15, 0.2) is 0 Å². The summed E-state index contributed by atoms with van der Waals surface area (Å²) in [5.41, 5.74) is 0. The van der Waals surface area contributed by atoms with Crippen LogP contribution in [-0.2, 0) is 0 Å². The monoisotopic (exact) mass is 393 g/mol. The van der Waals surface area contributed by atoms with Crippen molar-refractivity contribution in [3.63, 3.8) is 0 Å². The second kappa shape index (κ2) is 26.7. The lowest BCUT2D eigenvalue weighted by molar-refractivity contribution is 0.538. The summed E-state index contributed by atoms with van der Waals surface area (Å²) in [6.45, 7) is 7.05. The van der Waals surface area contributed by atoms with Gasteiger partial charge in [0, 0.05) is 0 Å². The molecule has 0 aromatic carbocycles. The summed E-state index contributed by atoms with van der Waals surface area (Å²) >= 11 is 0. The molecule has 0 amide bonds. The molecule has 0 bridgehead atoms. The Morgan fingerprint density at radius 2 is 0.714 bits per heavy atom. The molecule has 0 saturated heterocycles. The van der Waals surface area contributed by atoms with Crippen LogP contribution < -0.4 is 5.32 Å². The highest BCUT2D eigenvalue weighted by atomic mass is 14.8. The first-order chi connectivity index (χ1) is 13.9. The van der Waals surface area contributed by atoms with E-state index in [1.165, 1.54) is 148 Å². The molecule has 0 unspecified atom stereocenters. The van der Waals surface area contributed by atoms with E-state index in [4.69, 9.17) is 0 Å². The first kappa shape index (κ1) is 27.7. The van der Waals surface area contributed by atoms with Crippen LogP contribution in [0.25, 0.3) is 0 Å². The number of rotatable bonds is 24. The van der Waals surface area contributed by atoms with Crippen molar-refractivity contribution in [3.05, 3.63) is 12.2 Å². The lowest BCUT2D eigenvalue weighted by atomic mass is 10.1. The summed E-state index contributed by atoms with van der Waals surface area (Å²) in [5, 5.41) is 3.63. The summed E-state index contributed by atoms with van der Waals surface area (Å²) in [6.07, 6.45) is 34.3. The van der Waals surface area contributed by atoms with E-state index in [1.54, 1.807) is 0 Å². The molecule has 28 heavy (non-hydrogen) atoms. The van der Waals surface area contributed by atoms with Gasteiger partial charge < -0.3 is 5.32 Å². The van der Waals surface area contributed by atoms with Crippen molar-refractivity contribution in [2.45, 2.75) is 149 Å². The largest absolute Gasteiger partial charge is 0.317 e. The molecule has 0 atom stereocenters. The molecule has 0 aliphatic heterocycles. The van der Waals surface area contributed by atoms with Crippen LogP contribution in [0.4, 0.5) is 0 Å². The lowest BCUT2D eigenvalue weighted by Crippen LogP contribution is -2.16. The van der Waals surface area contributed by atoms with Gasteiger partial charge in [-0.05, 0) is 51.6 Å². The maximum atomic E-state index is 3.63. The molecule has 0 radical (unpaired) electrons. The van der Waals surface area contributed by atoms with Gasteiger partial charge in [0.05, 0.1) is 0 Å². The van der Waals surface area contributed by atoms with Crippen molar-refractivity contribution < 1.29 is 0 Å². The number of hydrogen-bond acceptors (Lipinski definition) is 1. The van der Waals surface area contributed by atoms with E-state index in [0.717, 1.165) is 0 Å². The van der Waals surface area contributed by atoms with Gasteiger partial charge in [-0.25, -0.2) is 0 Å². The van der Waals surface area contributed by atoms with Gasteiger partial charge in [-0.2, -0.15) is 0 Å². The molecule has 168 valence electrons. The summed E-state index contributed by atoms with van der Waals surface area (Å²) in [6, 6.07) is 0. The standard InChI is InChI=1S/C27H55N/c1-3-5-7-9-11-12-13-14-15-16-17-18-19-21-23-25-27-28-26-24-22-20-10-8-6-4-2/h14-15,28H,3-13,16-27H2,1-2H3. The molecule has 0 aromatic rings. The zero-order valence-corrected chi connectivity index (χ0v) is 19.9. The van der Waals surface area contributed by atoms with Gasteiger partial charge >= 0.3 is 0 Å². The van der Waals surface area contributed by atoms with E-state index in [1.807, 2.05) is 0 Å². The molecular formula is C27H55N. The molecule has 0 rings (SSSR count). The Morgan fingerprint density at radius 3 is 1.11 bits per heavy atom. The Labute approximate surface area is 179 Å². The zero-order chi connectivity index (χ0) is 20.4. The fraction of sp³-hybridized carbons (Fsp3) is 0.926. The fourth-order valence-electron chi connectivity index (χ4n) is 3.83. The average Bonchev–Trinajstić information content (AvgIpc) is 2.71. The second-order valence-corrected chi connectivity index (χ2v) is 8.81. The van der Waals surface area contributed by atoms with E-state index < -0.39 is 0 Å². The highest BCUT2D eigenvalue weighted by Gasteiger charge is 1.93. The Bertz CT molecular complexity index is 284. The van der Waals surface area contributed by atoms with Crippen LogP contribution in [0, 0.1) is 0 Å². The summed E-state index contributed by atoms with van der Waals surface area (Å²) in [5.74, 6) is 0. The average molecular weight is 394 g/mol. The summed E-state index contributed by atoms with van der Waals surface area (Å²) in [7, 11) is 0. The van der Waals surface area contributed by atoms with Crippen LogP contribution in [0.15, 0.2) is 12.2 Å². The van der Waals surface area contributed by atoms with E-state index in [0.29, 0.717) is 0 Å². The molecule has 0 aliphatic rings. The minimum absolute atomic E-state index is 1.23. The Balaban J connectivity index is 3.03. The summed E-state index contributed by atoms with van der Waals surface area (Å²) < 4.78 is 0. The first-order valence-electron chi connectivity index (χ1n) is 13.3.